The van der Waals surface area contributed by atoms with Crippen molar-refractivity contribution in [2.24, 2.45) is 0 Å². The quantitative estimate of drug-likeness (QED) is 0.763. The van der Waals surface area contributed by atoms with Gasteiger partial charge < -0.3 is 9.84 Å². The minimum atomic E-state index is -0.642. The van der Waals surface area contributed by atoms with E-state index in [0.717, 1.165) is 0 Å². The molecule has 0 bridgehead atoms. The van der Waals surface area contributed by atoms with Crippen LogP contribution in [0.1, 0.15) is 11.7 Å². The molecule has 2 nitrogen and oxygen atoms in total. The fourth-order valence-electron chi connectivity index (χ4n) is 1.06. The van der Waals surface area contributed by atoms with E-state index < -0.39 is 6.10 Å². The van der Waals surface area contributed by atoms with Crippen LogP contribution in [-0.2, 0) is 0 Å². The monoisotopic (exact) mass is 218 g/mol. The molecule has 0 radical (unpaired) electrons. The van der Waals surface area contributed by atoms with E-state index in [0.29, 0.717) is 22.1 Å². The molecule has 1 atom stereocenters. The highest BCUT2D eigenvalue weighted by atomic mass is 35.5. The van der Waals surface area contributed by atoms with Crippen molar-refractivity contribution in [2.45, 2.75) is 6.10 Å². The summed E-state index contributed by atoms with van der Waals surface area (Å²) in [5.41, 5.74) is 0.671. The largest absolute Gasteiger partial charge is 0.496 e. The predicted octanol–water partition coefficient (Wildman–Crippen LogP) is 2.31. The lowest BCUT2D eigenvalue weighted by Crippen LogP contribution is -2.01. The molecule has 0 amide bonds. The predicted molar refractivity (Wildman–Crippen MR) is 56.8 cm³/mol. The molecule has 0 saturated heterocycles. The molecule has 72 valence electrons. The normalized spacial score (nSPS) is 12.6. The molecule has 1 N–H and O–H groups in total. The summed E-state index contributed by atoms with van der Waals surface area (Å²) < 4.78 is 5.07. The minimum Gasteiger partial charge on any atom is -0.496 e. The second-order valence-corrected chi connectivity index (χ2v) is 3.39. The zero-order valence-corrected chi connectivity index (χ0v) is 8.85. The van der Waals surface area contributed by atoms with Crippen LogP contribution < -0.4 is 4.74 Å². The molecular formula is C9H11ClO2S. The molecule has 0 aliphatic carbocycles. The molecular weight excluding hydrogens is 208 g/mol. The zero-order chi connectivity index (χ0) is 9.84. The fraction of sp³-hybridized carbons (Fsp3) is 0.333. The van der Waals surface area contributed by atoms with E-state index in [1.807, 2.05) is 0 Å². The summed E-state index contributed by atoms with van der Waals surface area (Å²) in [6.45, 7) is 0. The summed E-state index contributed by atoms with van der Waals surface area (Å²) in [6, 6.07) is 5.13. The molecule has 0 heterocycles. The van der Waals surface area contributed by atoms with E-state index in [1.165, 1.54) is 0 Å². The SMILES string of the molecule is COc1ccc(Cl)cc1C(O)CS. The Morgan fingerprint density at radius 1 is 1.62 bits per heavy atom. The van der Waals surface area contributed by atoms with Gasteiger partial charge in [0.15, 0.2) is 0 Å². The number of aliphatic hydroxyl groups is 1. The van der Waals surface area contributed by atoms with Crippen molar-refractivity contribution in [1.29, 1.82) is 0 Å². The second-order valence-electron chi connectivity index (χ2n) is 2.58. The molecule has 1 rings (SSSR count). The van der Waals surface area contributed by atoms with Crippen LogP contribution in [0.5, 0.6) is 5.75 Å². The van der Waals surface area contributed by atoms with Crippen molar-refractivity contribution in [3.63, 3.8) is 0 Å². The van der Waals surface area contributed by atoms with Crippen LogP contribution in [0, 0.1) is 0 Å². The summed E-state index contributed by atoms with van der Waals surface area (Å²) in [7, 11) is 1.55. The van der Waals surface area contributed by atoms with Gasteiger partial charge in [-0.3, -0.25) is 0 Å². The van der Waals surface area contributed by atoms with Crippen LogP contribution in [0.3, 0.4) is 0 Å². The van der Waals surface area contributed by atoms with Crippen LogP contribution in [0.15, 0.2) is 18.2 Å². The lowest BCUT2D eigenvalue weighted by atomic mass is 10.1. The lowest BCUT2D eigenvalue weighted by Gasteiger charge is -2.12. The van der Waals surface area contributed by atoms with Crippen LogP contribution in [0.4, 0.5) is 0 Å². The van der Waals surface area contributed by atoms with Gasteiger partial charge in [0.1, 0.15) is 5.75 Å². The van der Waals surface area contributed by atoms with Crippen LogP contribution in [0.25, 0.3) is 0 Å². The molecule has 1 aromatic rings. The van der Waals surface area contributed by atoms with Gasteiger partial charge in [0.25, 0.3) is 0 Å². The first-order valence-corrected chi connectivity index (χ1v) is 4.82. The maximum absolute atomic E-state index is 9.55. The van der Waals surface area contributed by atoms with Gasteiger partial charge in [-0.15, -0.1) is 0 Å². The lowest BCUT2D eigenvalue weighted by molar-refractivity contribution is 0.199. The highest BCUT2D eigenvalue weighted by molar-refractivity contribution is 7.80. The second kappa shape index (κ2) is 4.74. The van der Waals surface area contributed by atoms with Gasteiger partial charge in [-0.2, -0.15) is 12.6 Å². The van der Waals surface area contributed by atoms with E-state index >= 15 is 0 Å². The molecule has 0 fully saturated rings. The number of halogens is 1. The van der Waals surface area contributed by atoms with Gasteiger partial charge in [0.2, 0.25) is 0 Å². The summed E-state index contributed by atoms with van der Waals surface area (Å²) in [4.78, 5) is 0. The Labute approximate surface area is 87.9 Å². The highest BCUT2D eigenvalue weighted by Crippen LogP contribution is 2.28. The van der Waals surface area contributed by atoms with Gasteiger partial charge in [-0.05, 0) is 18.2 Å². The van der Waals surface area contributed by atoms with E-state index in [-0.39, 0.29) is 0 Å². The zero-order valence-electron chi connectivity index (χ0n) is 7.20. The molecule has 0 aliphatic heterocycles. The Kier molecular flexibility index (Phi) is 3.90. The van der Waals surface area contributed by atoms with Crippen molar-refractivity contribution >= 4 is 24.2 Å². The molecule has 1 aromatic carbocycles. The number of methoxy groups -OCH3 is 1. The van der Waals surface area contributed by atoms with Crippen molar-refractivity contribution in [2.75, 3.05) is 12.9 Å². The average Bonchev–Trinajstić information content (AvgIpc) is 2.16. The van der Waals surface area contributed by atoms with Crippen molar-refractivity contribution in [3.05, 3.63) is 28.8 Å². The number of hydrogen-bond donors (Lipinski definition) is 2. The molecule has 1 unspecified atom stereocenters. The summed E-state index contributed by atoms with van der Waals surface area (Å²) in [5, 5.41) is 10.1. The molecule has 0 spiro atoms. The highest BCUT2D eigenvalue weighted by Gasteiger charge is 2.11. The third kappa shape index (κ3) is 2.53. The molecule has 0 aromatic heterocycles. The first-order valence-electron chi connectivity index (χ1n) is 3.81. The maximum atomic E-state index is 9.55. The van der Waals surface area contributed by atoms with Crippen LogP contribution >= 0.6 is 24.2 Å². The third-order valence-corrected chi connectivity index (χ3v) is 2.30. The van der Waals surface area contributed by atoms with Gasteiger partial charge in [0.05, 0.1) is 13.2 Å². The van der Waals surface area contributed by atoms with Gasteiger partial charge >= 0.3 is 0 Å². The number of thiol groups is 1. The first-order chi connectivity index (χ1) is 6.19. The molecule has 0 aliphatic rings. The number of hydrogen-bond acceptors (Lipinski definition) is 3. The molecule has 13 heavy (non-hydrogen) atoms. The average molecular weight is 219 g/mol. The topological polar surface area (TPSA) is 29.5 Å². The van der Waals surface area contributed by atoms with Crippen molar-refractivity contribution in [3.8, 4) is 5.75 Å². The third-order valence-electron chi connectivity index (χ3n) is 1.72. The Hall–Kier alpha value is -0.380. The summed E-state index contributed by atoms with van der Waals surface area (Å²) in [5.74, 6) is 0.974. The molecule has 4 heteroatoms. The number of rotatable bonds is 3. The molecule has 0 saturated carbocycles. The van der Waals surface area contributed by atoms with Gasteiger partial charge in [-0.25, -0.2) is 0 Å². The van der Waals surface area contributed by atoms with Crippen LogP contribution in [-0.4, -0.2) is 18.0 Å². The van der Waals surface area contributed by atoms with Gasteiger partial charge in [0, 0.05) is 16.3 Å². The number of ether oxygens (including phenoxy) is 1. The standard InChI is InChI=1S/C9H11ClO2S/c1-12-9-3-2-6(10)4-7(9)8(11)5-13/h2-4,8,11,13H,5H2,1H3. The van der Waals surface area contributed by atoms with Crippen molar-refractivity contribution < 1.29 is 9.84 Å². The Morgan fingerprint density at radius 2 is 2.31 bits per heavy atom. The number of aliphatic hydroxyl groups excluding tert-OH is 1. The van der Waals surface area contributed by atoms with Crippen molar-refractivity contribution in [1.82, 2.24) is 0 Å². The van der Waals surface area contributed by atoms with E-state index in [4.69, 9.17) is 16.3 Å². The minimum absolute atomic E-state index is 0.344. The van der Waals surface area contributed by atoms with Crippen LogP contribution in [0.2, 0.25) is 5.02 Å². The fourth-order valence-corrected chi connectivity index (χ4v) is 1.44. The summed E-state index contributed by atoms with van der Waals surface area (Å²) >= 11 is 9.78. The van der Waals surface area contributed by atoms with Gasteiger partial charge in [-0.1, -0.05) is 11.6 Å². The maximum Gasteiger partial charge on any atom is 0.124 e. The number of benzene rings is 1. The smallest absolute Gasteiger partial charge is 0.124 e. The summed E-state index contributed by atoms with van der Waals surface area (Å²) in [6.07, 6.45) is -0.642. The Morgan fingerprint density at radius 3 is 2.85 bits per heavy atom. The Bertz CT molecular complexity index is 291. The van der Waals surface area contributed by atoms with E-state index in [9.17, 15) is 5.11 Å². The Balaban J connectivity index is 3.07. The van der Waals surface area contributed by atoms with E-state index in [2.05, 4.69) is 12.6 Å². The van der Waals surface area contributed by atoms with E-state index in [1.54, 1.807) is 25.3 Å². The first kappa shape index (κ1) is 10.7.